The van der Waals surface area contributed by atoms with E-state index < -0.39 is 39.1 Å². The summed E-state index contributed by atoms with van der Waals surface area (Å²) in [5.74, 6) is -2.93. The molecule has 4 N–H and O–H groups in total. The van der Waals surface area contributed by atoms with E-state index in [4.69, 9.17) is 39.0 Å². The highest BCUT2D eigenvalue weighted by Gasteiger charge is 2.42. The third-order valence-electron chi connectivity index (χ3n) is 3.77. The van der Waals surface area contributed by atoms with Crippen LogP contribution in [0.1, 0.15) is 50.5 Å². The molecule has 32 heavy (non-hydrogen) atoms. The first-order valence-electron chi connectivity index (χ1n) is 9.86. The second-order valence-electron chi connectivity index (χ2n) is 6.00. The van der Waals surface area contributed by atoms with E-state index >= 15 is 0 Å². The number of hydrogen-bond acceptors (Lipinski definition) is 10. The average Bonchev–Trinajstić information content (AvgIpc) is 2.71. The van der Waals surface area contributed by atoms with E-state index in [-0.39, 0.29) is 37.6 Å². The van der Waals surface area contributed by atoms with Crippen molar-refractivity contribution < 1.29 is 46.3 Å². The molecular weight excluding hydrogens is 466 g/mol. The Hall–Kier alpha value is -1.94. The molecule has 0 saturated carbocycles. The van der Waals surface area contributed by atoms with Gasteiger partial charge in [0.25, 0.3) is 0 Å². The highest BCUT2D eigenvalue weighted by molar-refractivity contribution is 7.54. The summed E-state index contributed by atoms with van der Waals surface area (Å²) in [4.78, 5) is 22.9. The molecule has 182 valence electrons. The van der Waals surface area contributed by atoms with Crippen LogP contribution in [0.4, 0.5) is 9.59 Å². The third kappa shape index (κ3) is 7.58. The summed E-state index contributed by atoms with van der Waals surface area (Å²) >= 11 is 0. The first-order chi connectivity index (χ1) is 15.1. The van der Waals surface area contributed by atoms with Gasteiger partial charge in [0.2, 0.25) is 11.7 Å². The maximum atomic E-state index is 13.2. The Kier molecular flexibility index (Phi) is 11.4. The highest BCUT2D eigenvalue weighted by atomic mass is 31.2. The molecule has 0 aliphatic rings. The molecule has 14 heteroatoms. The van der Waals surface area contributed by atoms with Gasteiger partial charge >= 0.3 is 27.4 Å². The highest BCUT2D eigenvalue weighted by Crippen LogP contribution is 2.63. The fraction of sp³-hybridized carbons (Fsp3) is 0.556. The minimum atomic E-state index is -3.95. The topological polar surface area (TPSA) is 176 Å². The van der Waals surface area contributed by atoms with Crippen molar-refractivity contribution >= 4 is 27.4 Å². The Morgan fingerprint density at radius 3 is 1.12 bits per heavy atom. The largest absolute Gasteiger partial charge is 0.428 e. The third-order valence-corrected chi connectivity index (χ3v) is 8.20. The van der Waals surface area contributed by atoms with Crippen molar-refractivity contribution in [1.29, 1.82) is 0 Å². The fourth-order valence-electron chi connectivity index (χ4n) is 2.74. The van der Waals surface area contributed by atoms with Gasteiger partial charge in [-0.3, -0.25) is 9.13 Å². The van der Waals surface area contributed by atoms with Gasteiger partial charge in [0, 0.05) is 11.1 Å². The number of ether oxygens (including phenoxy) is 2. The molecule has 0 bridgehead atoms. The monoisotopic (exact) mass is 496 g/mol. The van der Waals surface area contributed by atoms with Crippen LogP contribution in [0.5, 0.6) is 0 Å². The Morgan fingerprint density at radius 1 is 0.688 bits per heavy atom. The van der Waals surface area contributed by atoms with Gasteiger partial charge in [-0.15, -0.1) is 0 Å². The second kappa shape index (κ2) is 12.9. The van der Waals surface area contributed by atoms with Crippen molar-refractivity contribution in [2.24, 2.45) is 11.5 Å². The second-order valence-corrected chi connectivity index (χ2v) is 10.1. The van der Waals surface area contributed by atoms with Crippen LogP contribution < -0.4 is 11.5 Å². The molecule has 2 unspecified atom stereocenters. The first-order valence-corrected chi connectivity index (χ1v) is 13.1. The van der Waals surface area contributed by atoms with Gasteiger partial charge in [0.1, 0.15) is 0 Å². The van der Waals surface area contributed by atoms with Gasteiger partial charge in [0.15, 0.2) is 0 Å². The zero-order valence-corrected chi connectivity index (χ0v) is 20.2. The van der Waals surface area contributed by atoms with E-state index in [0.29, 0.717) is 0 Å². The lowest BCUT2D eigenvalue weighted by molar-refractivity contribution is 0.108. The number of amides is 2. The van der Waals surface area contributed by atoms with Crippen molar-refractivity contribution in [3.05, 3.63) is 35.4 Å². The molecule has 0 spiro atoms. The van der Waals surface area contributed by atoms with Crippen LogP contribution in [0.25, 0.3) is 0 Å². The van der Waals surface area contributed by atoms with E-state index in [1.807, 2.05) is 0 Å². The molecule has 0 aromatic heterocycles. The molecule has 0 aliphatic carbocycles. The maximum Gasteiger partial charge on any atom is 0.405 e. The zero-order chi connectivity index (χ0) is 24.4. The number of nitrogens with two attached hydrogens (primary N) is 2. The maximum absolute atomic E-state index is 13.2. The SMILES string of the molecule is CCOP(=O)(OCC)C(OC(N)=O)c1ccc(C(OC(N)=O)P(=O)(OCC)OCC)cc1. The molecule has 2 amide bonds. The van der Waals surface area contributed by atoms with Gasteiger partial charge in [-0.25, -0.2) is 9.59 Å². The Morgan fingerprint density at radius 2 is 0.938 bits per heavy atom. The van der Waals surface area contributed by atoms with E-state index in [1.54, 1.807) is 27.7 Å². The Labute approximate surface area is 186 Å². The molecule has 0 heterocycles. The summed E-state index contributed by atoms with van der Waals surface area (Å²) in [6.45, 7) is 6.48. The number of rotatable bonds is 14. The van der Waals surface area contributed by atoms with Gasteiger partial charge in [-0.1, -0.05) is 24.3 Å². The number of hydrogen-bond donors (Lipinski definition) is 2. The standard InChI is InChI=1S/C18H30N2O10P2/c1-5-25-31(23,26-6-2)15(29-17(19)21)13-9-11-14(12-10-13)16(30-18(20)22)32(24,27-7-3)28-8-4/h9-12,15-16H,5-8H2,1-4H3,(H2,19,21)(H2,20,22). The van der Waals surface area contributed by atoms with Crippen LogP contribution in [-0.4, -0.2) is 38.6 Å². The average molecular weight is 496 g/mol. The van der Waals surface area contributed by atoms with Gasteiger partial charge in [0.05, 0.1) is 26.4 Å². The lowest BCUT2D eigenvalue weighted by Crippen LogP contribution is -2.20. The Bertz CT molecular complexity index is 760. The van der Waals surface area contributed by atoms with Crippen LogP contribution >= 0.6 is 15.2 Å². The van der Waals surface area contributed by atoms with Crippen molar-refractivity contribution in [3.63, 3.8) is 0 Å². The molecule has 0 radical (unpaired) electrons. The van der Waals surface area contributed by atoms with Crippen molar-refractivity contribution in [2.45, 2.75) is 39.4 Å². The summed E-state index contributed by atoms with van der Waals surface area (Å²) in [7, 11) is -7.91. The number of benzene rings is 1. The quantitative estimate of drug-likeness (QED) is 0.351. The number of carbonyl (C=O) groups excluding carboxylic acids is 2. The summed E-state index contributed by atoms with van der Waals surface area (Å²) in [6.07, 6.45) is -2.38. The van der Waals surface area contributed by atoms with Crippen LogP contribution in [0.15, 0.2) is 24.3 Å². The smallest absolute Gasteiger partial charge is 0.405 e. The lowest BCUT2D eigenvalue weighted by Gasteiger charge is -2.27. The number of carbonyl (C=O) groups is 2. The minimum Gasteiger partial charge on any atom is -0.428 e. The minimum absolute atomic E-state index is 0.0222. The van der Waals surface area contributed by atoms with E-state index in [9.17, 15) is 18.7 Å². The van der Waals surface area contributed by atoms with E-state index in [1.165, 1.54) is 24.3 Å². The first kappa shape index (κ1) is 28.1. The summed E-state index contributed by atoms with van der Waals surface area (Å²) in [6, 6.07) is 5.58. The van der Waals surface area contributed by atoms with Crippen LogP contribution in [0.2, 0.25) is 0 Å². The van der Waals surface area contributed by atoms with Crippen LogP contribution in [0, 0.1) is 0 Å². The van der Waals surface area contributed by atoms with Crippen molar-refractivity contribution in [2.75, 3.05) is 26.4 Å². The molecule has 0 aliphatic heterocycles. The van der Waals surface area contributed by atoms with Gasteiger partial charge in [-0.2, -0.15) is 0 Å². The molecular formula is C18H30N2O10P2. The molecule has 1 aromatic rings. The molecule has 12 nitrogen and oxygen atoms in total. The summed E-state index contributed by atoms with van der Waals surface area (Å²) in [5.41, 5.74) is 10.7. The van der Waals surface area contributed by atoms with Crippen molar-refractivity contribution in [3.8, 4) is 0 Å². The zero-order valence-electron chi connectivity index (χ0n) is 18.4. The van der Waals surface area contributed by atoms with E-state index in [2.05, 4.69) is 0 Å². The lowest BCUT2D eigenvalue weighted by atomic mass is 10.1. The predicted octanol–water partition coefficient (Wildman–Crippen LogP) is 4.41. The predicted molar refractivity (Wildman–Crippen MR) is 115 cm³/mol. The Balaban J connectivity index is 3.45. The molecule has 1 rings (SSSR count). The van der Waals surface area contributed by atoms with Gasteiger partial charge < -0.3 is 39.0 Å². The summed E-state index contributed by atoms with van der Waals surface area (Å²) in [5, 5.41) is 0. The molecule has 0 saturated heterocycles. The molecule has 1 aromatic carbocycles. The fourth-order valence-corrected chi connectivity index (χ4v) is 6.41. The summed E-state index contributed by atoms with van der Waals surface area (Å²) < 4.78 is 57.5. The number of primary amides is 2. The van der Waals surface area contributed by atoms with Crippen LogP contribution in [0.3, 0.4) is 0 Å². The normalized spacial score (nSPS) is 13.9. The van der Waals surface area contributed by atoms with Crippen LogP contribution in [-0.2, 0) is 36.7 Å². The molecule has 2 atom stereocenters. The van der Waals surface area contributed by atoms with Crippen molar-refractivity contribution in [1.82, 2.24) is 0 Å². The molecule has 0 fully saturated rings. The van der Waals surface area contributed by atoms with Gasteiger partial charge in [-0.05, 0) is 27.7 Å². The van der Waals surface area contributed by atoms with E-state index in [0.717, 1.165) is 0 Å².